The van der Waals surface area contributed by atoms with Crippen molar-refractivity contribution in [1.29, 1.82) is 0 Å². The lowest BCUT2D eigenvalue weighted by atomic mass is 10.1. The summed E-state index contributed by atoms with van der Waals surface area (Å²) in [5.74, 6) is 0.498. The maximum atomic E-state index is 12.2. The predicted octanol–water partition coefficient (Wildman–Crippen LogP) is 2.79. The van der Waals surface area contributed by atoms with Crippen LogP contribution in [0.3, 0.4) is 0 Å². The van der Waals surface area contributed by atoms with Crippen LogP contribution >= 0.6 is 11.8 Å². The Balaban J connectivity index is 2.10. The second-order valence-electron chi connectivity index (χ2n) is 5.14. The highest BCUT2D eigenvalue weighted by molar-refractivity contribution is 7.98. The molecular weight excluding hydrogens is 286 g/mol. The number of nitrogens with one attached hydrogen (secondary N) is 1. The van der Waals surface area contributed by atoms with E-state index in [9.17, 15) is 9.90 Å². The van der Waals surface area contributed by atoms with E-state index in [0.717, 1.165) is 11.1 Å². The Morgan fingerprint density at radius 1 is 1.33 bits per heavy atom. The highest BCUT2D eigenvalue weighted by Crippen LogP contribution is 2.24. The average molecular weight is 305 g/mol. The highest BCUT2D eigenvalue weighted by Gasteiger charge is 2.23. The summed E-state index contributed by atoms with van der Waals surface area (Å²) in [6.07, 6.45) is 3.41. The molecule has 2 aromatic rings. The van der Waals surface area contributed by atoms with Crippen molar-refractivity contribution in [2.75, 3.05) is 18.6 Å². The maximum Gasteiger partial charge on any atom is 0.287 e. The molecule has 1 heterocycles. The first-order chi connectivity index (χ1) is 10.0. The molecule has 1 aromatic carbocycles. The van der Waals surface area contributed by atoms with Crippen molar-refractivity contribution in [3.8, 4) is 11.1 Å². The lowest BCUT2D eigenvalue weighted by Crippen LogP contribution is -2.42. The first-order valence-corrected chi connectivity index (χ1v) is 8.05. The van der Waals surface area contributed by atoms with E-state index in [1.54, 1.807) is 13.0 Å². The van der Waals surface area contributed by atoms with Gasteiger partial charge in [0.15, 0.2) is 5.76 Å². The minimum absolute atomic E-state index is 0.182. The van der Waals surface area contributed by atoms with E-state index in [1.165, 1.54) is 18.0 Å². The molecule has 112 valence electrons. The number of thioether (sulfide) groups is 1. The second kappa shape index (κ2) is 6.83. The second-order valence-corrected chi connectivity index (χ2v) is 6.01. The third kappa shape index (κ3) is 4.12. The zero-order chi connectivity index (χ0) is 15.3. The van der Waals surface area contributed by atoms with Crippen LogP contribution in [0.1, 0.15) is 17.5 Å². The Bertz CT molecular complexity index is 593. The molecule has 2 rings (SSSR count). The standard InChI is InChI=1S/C16H19NO3S/c1-16(19,11-21-2)10-17-15(18)14-13(8-9-20-14)12-6-4-3-5-7-12/h3-9,19H,10-11H2,1-2H3,(H,17,18)/t16-/m0/s1. The third-order valence-electron chi connectivity index (χ3n) is 3.04. The molecule has 0 radical (unpaired) electrons. The molecule has 4 nitrogen and oxygen atoms in total. The quantitative estimate of drug-likeness (QED) is 0.861. The van der Waals surface area contributed by atoms with E-state index in [1.807, 2.05) is 36.6 Å². The SMILES string of the molecule is CSC[C@@](C)(O)CNC(=O)c1occc1-c1ccccc1. The van der Waals surface area contributed by atoms with Crippen LogP contribution in [-0.4, -0.2) is 35.2 Å². The van der Waals surface area contributed by atoms with Gasteiger partial charge in [-0.3, -0.25) is 4.79 Å². The molecule has 0 saturated carbocycles. The number of amides is 1. The van der Waals surface area contributed by atoms with E-state index < -0.39 is 5.60 Å². The summed E-state index contributed by atoms with van der Waals surface area (Å²) in [7, 11) is 0. The van der Waals surface area contributed by atoms with Crippen molar-refractivity contribution in [2.45, 2.75) is 12.5 Å². The normalized spacial score (nSPS) is 13.7. The molecule has 2 N–H and O–H groups in total. The predicted molar refractivity (Wildman–Crippen MR) is 85.5 cm³/mol. The number of benzene rings is 1. The van der Waals surface area contributed by atoms with Gasteiger partial charge in [0.2, 0.25) is 0 Å². The molecule has 0 bridgehead atoms. The minimum Gasteiger partial charge on any atom is -0.459 e. The van der Waals surface area contributed by atoms with Gasteiger partial charge in [0, 0.05) is 17.9 Å². The Kier molecular flexibility index (Phi) is 5.09. The van der Waals surface area contributed by atoms with Crippen molar-refractivity contribution < 1.29 is 14.3 Å². The molecule has 1 aromatic heterocycles. The van der Waals surface area contributed by atoms with Gasteiger partial charge < -0.3 is 14.8 Å². The number of hydrogen-bond donors (Lipinski definition) is 2. The maximum absolute atomic E-state index is 12.2. The van der Waals surface area contributed by atoms with Crippen LogP contribution in [0, 0.1) is 0 Å². The van der Waals surface area contributed by atoms with Gasteiger partial charge in [0.1, 0.15) is 0 Å². The fraction of sp³-hybridized carbons (Fsp3) is 0.312. The zero-order valence-electron chi connectivity index (χ0n) is 12.1. The minimum atomic E-state index is -0.936. The summed E-state index contributed by atoms with van der Waals surface area (Å²) in [6.45, 7) is 1.88. The smallest absolute Gasteiger partial charge is 0.287 e. The van der Waals surface area contributed by atoms with Gasteiger partial charge in [0.05, 0.1) is 11.9 Å². The van der Waals surface area contributed by atoms with E-state index >= 15 is 0 Å². The summed E-state index contributed by atoms with van der Waals surface area (Å²) >= 11 is 1.53. The number of rotatable bonds is 6. The lowest BCUT2D eigenvalue weighted by molar-refractivity contribution is 0.0710. The Labute approximate surface area is 128 Å². The average Bonchev–Trinajstić information content (AvgIpc) is 2.95. The Morgan fingerprint density at radius 3 is 2.71 bits per heavy atom. The van der Waals surface area contributed by atoms with Crippen LogP contribution in [0.5, 0.6) is 0 Å². The Hall–Kier alpha value is -1.72. The van der Waals surface area contributed by atoms with Gasteiger partial charge >= 0.3 is 0 Å². The largest absolute Gasteiger partial charge is 0.459 e. The molecular formula is C16H19NO3S. The monoisotopic (exact) mass is 305 g/mol. The first kappa shape index (κ1) is 15.7. The molecule has 0 aliphatic rings. The van der Waals surface area contributed by atoms with E-state index in [0.29, 0.717) is 5.75 Å². The number of carbonyl (C=O) groups is 1. The summed E-state index contributed by atoms with van der Waals surface area (Å²) < 4.78 is 5.31. The highest BCUT2D eigenvalue weighted by atomic mass is 32.2. The summed E-state index contributed by atoms with van der Waals surface area (Å²) in [6, 6.07) is 11.4. The van der Waals surface area contributed by atoms with Crippen LogP contribution in [0.25, 0.3) is 11.1 Å². The molecule has 1 amide bonds. The van der Waals surface area contributed by atoms with Gasteiger partial charge in [-0.1, -0.05) is 30.3 Å². The van der Waals surface area contributed by atoms with E-state index in [-0.39, 0.29) is 18.2 Å². The molecule has 0 saturated heterocycles. The van der Waals surface area contributed by atoms with Crippen molar-refractivity contribution in [3.05, 3.63) is 48.4 Å². The van der Waals surface area contributed by atoms with Crippen LogP contribution < -0.4 is 5.32 Å². The number of hydrogen-bond acceptors (Lipinski definition) is 4. The topological polar surface area (TPSA) is 62.5 Å². The summed E-state index contributed by atoms with van der Waals surface area (Å²) in [4.78, 5) is 12.2. The number of furan rings is 1. The number of carbonyl (C=O) groups excluding carboxylic acids is 1. The van der Waals surface area contributed by atoms with Crippen LogP contribution in [0.4, 0.5) is 0 Å². The molecule has 21 heavy (non-hydrogen) atoms. The molecule has 0 unspecified atom stereocenters. The zero-order valence-corrected chi connectivity index (χ0v) is 12.9. The molecule has 0 aliphatic heterocycles. The van der Waals surface area contributed by atoms with Gasteiger partial charge in [-0.05, 0) is 24.8 Å². The van der Waals surface area contributed by atoms with E-state index in [2.05, 4.69) is 5.32 Å². The third-order valence-corrected chi connectivity index (χ3v) is 3.95. The van der Waals surface area contributed by atoms with Gasteiger partial charge in [-0.15, -0.1) is 0 Å². The van der Waals surface area contributed by atoms with Crippen LogP contribution in [0.15, 0.2) is 47.1 Å². The van der Waals surface area contributed by atoms with Gasteiger partial charge in [-0.25, -0.2) is 0 Å². The molecule has 5 heteroatoms. The molecule has 0 aliphatic carbocycles. The van der Waals surface area contributed by atoms with Gasteiger partial charge in [0.25, 0.3) is 5.91 Å². The summed E-state index contributed by atoms with van der Waals surface area (Å²) in [5, 5.41) is 12.8. The first-order valence-electron chi connectivity index (χ1n) is 6.66. The van der Waals surface area contributed by atoms with Crippen molar-refractivity contribution in [1.82, 2.24) is 5.32 Å². The number of aliphatic hydroxyl groups is 1. The fourth-order valence-corrected chi connectivity index (χ4v) is 2.77. The van der Waals surface area contributed by atoms with Crippen LogP contribution in [-0.2, 0) is 0 Å². The van der Waals surface area contributed by atoms with Gasteiger partial charge in [-0.2, -0.15) is 11.8 Å². The van der Waals surface area contributed by atoms with Crippen LogP contribution in [0.2, 0.25) is 0 Å². The van der Waals surface area contributed by atoms with Crippen molar-refractivity contribution in [3.63, 3.8) is 0 Å². The Morgan fingerprint density at radius 2 is 2.05 bits per heavy atom. The molecule has 0 fully saturated rings. The summed E-state index contributed by atoms with van der Waals surface area (Å²) in [5.41, 5.74) is 0.735. The van der Waals surface area contributed by atoms with Crippen molar-refractivity contribution >= 4 is 17.7 Å². The molecule has 1 atom stereocenters. The lowest BCUT2D eigenvalue weighted by Gasteiger charge is -2.22. The van der Waals surface area contributed by atoms with Crippen molar-refractivity contribution in [2.24, 2.45) is 0 Å². The van der Waals surface area contributed by atoms with E-state index in [4.69, 9.17) is 4.42 Å². The molecule has 0 spiro atoms. The fourth-order valence-electron chi connectivity index (χ4n) is 2.04.